The van der Waals surface area contributed by atoms with Gasteiger partial charge in [-0.2, -0.15) is 5.90 Å². The fourth-order valence-electron chi connectivity index (χ4n) is 0.266. The Kier molecular flexibility index (Phi) is 3.57. The largest absolute Gasteiger partial charge is 0.417 e. The van der Waals surface area contributed by atoms with Crippen LogP contribution in [0.15, 0.2) is 17.1 Å². The van der Waals surface area contributed by atoms with Crippen LogP contribution in [0.3, 0.4) is 0 Å². The van der Waals surface area contributed by atoms with Crippen molar-refractivity contribution in [1.82, 2.24) is 0 Å². The Hall–Kier alpha value is -0.940. The molecule has 0 radical (unpaired) electrons. The quantitative estimate of drug-likeness (QED) is 0.318. The molecule has 0 aliphatic carbocycles. The van der Waals surface area contributed by atoms with Crippen molar-refractivity contribution in [3.05, 3.63) is 16.9 Å². The van der Waals surface area contributed by atoms with Gasteiger partial charge in [-0.1, -0.05) is 0 Å². The first-order valence-corrected chi connectivity index (χ1v) is 2.29. The molecule has 9 heavy (non-hydrogen) atoms. The zero-order chi connectivity index (χ0) is 7.28. The van der Waals surface area contributed by atoms with Crippen molar-refractivity contribution in [2.45, 2.75) is 13.0 Å². The minimum atomic E-state index is -0.939. The van der Waals surface area contributed by atoms with Gasteiger partial charge in [0.1, 0.15) is 12.0 Å². The van der Waals surface area contributed by atoms with E-state index in [1.54, 1.807) is 0 Å². The smallest absolute Gasteiger partial charge is 0.150 e. The molecule has 52 valence electrons. The molecule has 3 N–H and O–H groups in total. The Labute approximate surface area is 52.0 Å². The molecule has 0 bridgehead atoms. The third kappa shape index (κ3) is 2.78. The van der Waals surface area contributed by atoms with E-state index < -0.39 is 6.10 Å². The SMILES string of the molecule is C[C@H](O)/C(=C\ON)N=O. The van der Waals surface area contributed by atoms with Crippen LogP contribution in [0, 0.1) is 4.91 Å². The average molecular weight is 132 g/mol. The molecule has 0 aromatic carbocycles. The summed E-state index contributed by atoms with van der Waals surface area (Å²) in [7, 11) is 0. The van der Waals surface area contributed by atoms with Crippen LogP contribution in [-0.4, -0.2) is 11.2 Å². The first kappa shape index (κ1) is 8.06. The van der Waals surface area contributed by atoms with Crippen LogP contribution in [0.5, 0.6) is 0 Å². The summed E-state index contributed by atoms with van der Waals surface area (Å²) in [5.74, 6) is 4.56. The standard InChI is InChI=1S/C4H8N2O3/c1-3(7)4(6-8)2-9-5/h2-3,7H,5H2,1H3/b4-2+/t3-/m0/s1. The van der Waals surface area contributed by atoms with E-state index in [-0.39, 0.29) is 5.70 Å². The van der Waals surface area contributed by atoms with Crippen molar-refractivity contribution >= 4 is 0 Å². The van der Waals surface area contributed by atoms with E-state index in [0.717, 1.165) is 6.26 Å². The lowest BCUT2D eigenvalue weighted by molar-refractivity contribution is 0.208. The maximum absolute atomic E-state index is 9.72. The van der Waals surface area contributed by atoms with Crippen molar-refractivity contribution in [3.8, 4) is 0 Å². The number of nitroso groups, excluding NO2 is 1. The second-order valence-electron chi connectivity index (χ2n) is 1.45. The predicted molar refractivity (Wildman–Crippen MR) is 30.8 cm³/mol. The molecule has 5 heteroatoms. The first-order chi connectivity index (χ1) is 4.22. The van der Waals surface area contributed by atoms with E-state index in [1.807, 2.05) is 0 Å². The fraction of sp³-hybridized carbons (Fsp3) is 0.500. The second kappa shape index (κ2) is 3.99. The molecule has 0 saturated carbocycles. The zero-order valence-corrected chi connectivity index (χ0v) is 4.94. The normalized spacial score (nSPS) is 14.8. The molecular formula is C4H8N2O3. The number of aliphatic hydroxyl groups is 1. The Morgan fingerprint density at radius 2 is 2.56 bits per heavy atom. The van der Waals surface area contributed by atoms with Crippen molar-refractivity contribution in [3.63, 3.8) is 0 Å². The van der Waals surface area contributed by atoms with Crippen molar-refractivity contribution < 1.29 is 9.94 Å². The van der Waals surface area contributed by atoms with Gasteiger partial charge in [-0.15, -0.1) is 4.91 Å². The van der Waals surface area contributed by atoms with E-state index >= 15 is 0 Å². The average Bonchev–Trinajstić information content (AvgIpc) is 1.82. The number of hydrogen-bond acceptors (Lipinski definition) is 5. The molecule has 0 unspecified atom stereocenters. The number of hydrogen-bond donors (Lipinski definition) is 2. The maximum atomic E-state index is 9.72. The Balaban J connectivity index is 3.97. The molecule has 0 rings (SSSR count). The van der Waals surface area contributed by atoms with Crippen LogP contribution < -0.4 is 5.90 Å². The minimum Gasteiger partial charge on any atom is -0.417 e. The maximum Gasteiger partial charge on any atom is 0.150 e. The fourth-order valence-corrected chi connectivity index (χ4v) is 0.266. The van der Waals surface area contributed by atoms with Gasteiger partial charge in [0.25, 0.3) is 0 Å². The molecule has 0 saturated heterocycles. The van der Waals surface area contributed by atoms with Crippen LogP contribution in [0.1, 0.15) is 6.92 Å². The highest BCUT2D eigenvalue weighted by Gasteiger charge is 2.03. The van der Waals surface area contributed by atoms with Crippen LogP contribution in [0.25, 0.3) is 0 Å². The second-order valence-corrected chi connectivity index (χ2v) is 1.45. The summed E-state index contributed by atoms with van der Waals surface area (Å²) in [5, 5.41) is 11.1. The molecule has 0 aromatic heterocycles. The lowest BCUT2D eigenvalue weighted by Gasteiger charge is -1.97. The topological polar surface area (TPSA) is 84.9 Å². The van der Waals surface area contributed by atoms with Gasteiger partial charge in [0.2, 0.25) is 0 Å². The van der Waals surface area contributed by atoms with Crippen LogP contribution in [-0.2, 0) is 4.84 Å². The van der Waals surface area contributed by atoms with Gasteiger partial charge in [0.15, 0.2) is 0 Å². The molecule has 0 aliphatic heterocycles. The van der Waals surface area contributed by atoms with E-state index in [2.05, 4.69) is 15.9 Å². The van der Waals surface area contributed by atoms with E-state index in [0.29, 0.717) is 0 Å². The summed E-state index contributed by atoms with van der Waals surface area (Å²) >= 11 is 0. The summed E-state index contributed by atoms with van der Waals surface area (Å²) < 4.78 is 0. The van der Waals surface area contributed by atoms with Crippen molar-refractivity contribution in [2.24, 2.45) is 11.1 Å². The molecule has 0 heterocycles. The summed E-state index contributed by atoms with van der Waals surface area (Å²) in [6.07, 6.45) is -0.0523. The number of nitrogens with two attached hydrogens (primary N) is 1. The monoisotopic (exact) mass is 132 g/mol. The van der Waals surface area contributed by atoms with E-state index in [1.165, 1.54) is 6.92 Å². The highest BCUT2D eigenvalue weighted by molar-refractivity contribution is 4.99. The van der Waals surface area contributed by atoms with Gasteiger partial charge in [-0.3, -0.25) is 0 Å². The molecule has 0 aromatic rings. The summed E-state index contributed by atoms with van der Waals surface area (Å²) in [4.78, 5) is 13.7. The summed E-state index contributed by atoms with van der Waals surface area (Å²) in [6, 6.07) is 0. The Morgan fingerprint density at radius 3 is 2.67 bits per heavy atom. The lowest BCUT2D eigenvalue weighted by Crippen LogP contribution is -2.03. The summed E-state index contributed by atoms with van der Waals surface area (Å²) in [6.45, 7) is 1.38. The number of rotatable bonds is 3. The van der Waals surface area contributed by atoms with Gasteiger partial charge in [-0.05, 0) is 12.1 Å². The zero-order valence-electron chi connectivity index (χ0n) is 4.94. The van der Waals surface area contributed by atoms with Gasteiger partial charge in [-0.25, -0.2) is 0 Å². The third-order valence-corrected chi connectivity index (χ3v) is 0.722. The van der Waals surface area contributed by atoms with Crippen LogP contribution in [0.2, 0.25) is 0 Å². The molecule has 0 amide bonds. The first-order valence-electron chi connectivity index (χ1n) is 2.29. The van der Waals surface area contributed by atoms with Crippen molar-refractivity contribution in [1.29, 1.82) is 0 Å². The van der Waals surface area contributed by atoms with E-state index in [4.69, 9.17) is 5.11 Å². The molecule has 0 fully saturated rings. The molecule has 5 nitrogen and oxygen atoms in total. The molecular weight excluding hydrogens is 124 g/mol. The van der Waals surface area contributed by atoms with E-state index in [9.17, 15) is 4.91 Å². The van der Waals surface area contributed by atoms with Gasteiger partial charge >= 0.3 is 0 Å². The number of aliphatic hydroxyl groups excluding tert-OH is 1. The third-order valence-electron chi connectivity index (χ3n) is 0.722. The van der Waals surface area contributed by atoms with Crippen molar-refractivity contribution in [2.75, 3.05) is 0 Å². The molecule has 0 aliphatic rings. The predicted octanol–water partition coefficient (Wildman–Crippen LogP) is -0.135. The van der Waals surface area contributed by atoms with Gasteiger partial charge < -0.3 is 9.94 Å². The van der Waals surface area contributed by atoms with Crippen LogP contribution >= 0.6 is 0 Å². The molecule has 0 spiro atoms. The number of nitrogens with zero attached hydrogens (tertiary/aromatic N) is 1. The van der Waals surface area contributed by atoms with Gasteiger partial charge in [0, 0.05) is 0 Å². The lowest BCUT2D eigenvalue weighted by atomic mass is 10.3. The summed E-state index contributed by atoms with van der Waals surface area (Å²) in [5.41, 5.74) is -0.127. The Bertz CT molecular complexity index is 121. The van der Waals surface area contributed by atoms with Gasteiger partial charge in [0.05, 0.1) is 6.10 Å². The minimum absolute atomic E-state index is 0.127. The highest BCUT2D eigenvalue weighted by Crippen LogP contribution is 2.00. The van der Waals surface area contributed by atoms with Crippen LogP contribution in [0.4, 0.5) is 0 Å². The molecule has 1 atom stereocenters. The highest BCUT2D eigenvalue weighted by atomic mass is 16.6. The Morgan fingerprint density at radius 1 is 2.00 bits per heavy atom.